The maximum absolute atomic E-state index is 12.5. The van der Waals surface area contributed by atoms with Crippen LogP contribution < -0.4 is 11.1 Å². The van der Waals surface area contributed by atoms with E-state index in [4.69, 9.17) is 10.5 Å². The number of nitrogens with two attached hydrogens (primary N) is 1. The number of nitrogens with one attached hydrogen (secondary N) is 2. The largest absolute Gasteiger partial charge is 0.455 e. The summed E-state index contributed by atoms with van der Waals surface area (Å²) < 4.78 is 5.38. The van der Waals surface area contributed by atoms with Crippen molar-refractivity contribution in [3.8, 4) is 0 Å². The lowest BCUT2D eigenvalue weighted by molar-refractivity contribution is -0.134. The lowest BCUT2D eigenvalue weighted by Gasteiger charge is -2.32. The molecule has 2 heterocycles. The lowest BCUT2D eigenvalue weighted by atomic mass is 10.1. The number of nitrogens with zero attached hydrogens (tertiary/aromatic N) is 2. The summed E-state index contributed by atoms with van der Waals surface area (Å²) in [6.45, 7) is 8.34. The van der Waals surface area contributed by atoms with Gasteiger partial charge in [0.25, 0.3) is 0 Å². The van der Waals surface area contributed by atoms with Gasteiger partial charge in [-0.1, -0.05) is 0 Å². The zero-order valence-corrected chi connectivity index (χ0v) is 18.5. The van der Waals surface area contributed by atoms with E-state index in [0.717, 1.165) is 24.0 Å². The molecule has 9 nitrogen and oxygen atoms in total. The molecule has 3 rings (SSSR count). The minimum absolute atomic E-state index is 0.0370. The summed E-state index contributed by atoms with van der Waals surface area (Å²) >= 11 is 0. The van der Waals surface area contributed by atoms with Crippen molar-refractivity contribution in [3.05, 3.63) is 30.0 Å². The van der Waals surface area contributed by atoms with Crippen LogP contribution in [0, 0.1) is 0 Å². The van der Waals surface area contributed by atoms with E-state index in [1.165, 1.54) is 0 Å². The molecule has 4 N–H and O–H groups in total. The number of rotatable bonds is 5. The van der Waals surface area contributed by atoms with E-state index in [0.29, 0.717) is 24.5 Å². The fourth-order valence-electron chi connectivity index (χ4n) is 3.35. The molecular formula is C22H31N5O4. The Morgan fingerprint density at radius 2 is 1.84 bits per heavy atom. The maximum Gasteiger partial charge on any atom is 0.355 e. The van der Waals surface area contributed by atoms with Crippen molar-refractivity contribution >= 4 is 34.4 Å². The number of amides is 2. The van der Waals surface area contributed by atoms with Gasteiger partial charge in [-0.3, -0.25) is 9.59 Å². The first-order chi connectivity index (χ1) is 14.5. The van der Waals surface area contributed by atoms with Gasteiger partial charge in [-0.2, -0.15) is 0 Å². The summed E-state index contributed by atoms with van der Waals surface area (Å²) in [5.74, 6) is -0.984. The van der Waals surface area contributed by atoms with Crippen molar-refractivity contribution in [1.29, 1.82) is 0 Å². The number of carbonyl (C=O) groups excluding carboxylic acids is 3. The molecule has 0 saturated carbocycles. The molecule has 0 unspecified atom stereocenters. The number of benzene rings is 1. The second-order valence-electron chi connectivity index (χ2n) is 8.97. The van der Waals surface area contributed by atoms with E-state index in [1.807, 2.05) is 7.05 Å². The maximum atomic E-state index is 12.5. The average molecular weight is 430 g/mol. The zero-order valence-electron chi connectivity index (χ0n) is 18.5. The highest BCUT2D eigenvalue weighted by Crippen LogP contribution is 2.22. The zero-order chi connectivity index (χ0) is 22.8. The van der Waals surface area contributed by atoms with Gasteiger partial charge in [-0.05, 0) is 52.1 Å². The molecule has 1 saturated heterocycles. The van der Waals surface area contributed by atoms with Crippen molar-refractivity contribution in [2.45, 2.75) is 38.8 Å². The third kappa shape index (κ3) is 6.05. The molecule has 1 aromatic heterocycles. The number of aromatic nitrogens is 1. The quantitative estimate of drug-likeness (QED) is 0.620. The molecule has 1 fully saturated rings. The third-order valence-corrected chi connectivity index (χ3v) is 5.09. The van der Waals surface area contributed by atoms with E-state index in [1.54, 1.807) is 49.9 Å². The molecule has 2 amide bonds. The van der Waals surface area contributed by atoms with E-state index in [9.17, 15) is 14.4 Å². The normalized spacial score (nSPS) is 16.2. The smallest absolute Gasteiger partial charge is 0.355 e. The molecule has 0 spiro atoms. The number of H-pyrrole nitrogens is 1. The van der Waals surface area contributed by atoms with E-state index in [-0.39, 0.29) is 12.3 Å². The van der Waals surface area contributed by atoms with Crippen LogP contribution in [0.1, 0.15) is 37.7 Å². The Kier molecular flexibility index (Phi) is 6.66. The number of likely N-dealkylation sites (N-methyl/N-ethyl adjacent to an activating group) is 1. The monoisotopic (exact) mass is 429 g/mol. The molecule has 1 atom stereocenters. The van der Waals surface area contributed by atoms with E-state index >= 15 is 0 Å². The van der Waals surface area contributed by atoms with Crippen molar-refractivity contribution in [3.63, 3.8) is 0 Å². The Bertz CT molecular complexity index is 970. The number of carbonyl (C=O) groups is 3. The second-order valence-corrected chi connectivity index (χ2v) is 8.97. The topological polar surface area (TPSA) is 121 Å². The van der Waals surface area contributed by atoms with Gasteiger partial charge in [0.15, 0.2) is 0 Å². The predicted molar refractivity (Wildman–Crippen MR) is 119 cm³/mol. The van der Waals surface area contributed by atoms with Crippen LogP contribution in [0.15, 0.2) is 24.3 Å². The molecule has 1 aromatic carbocycles. The molecule has 168 valence electrons. The van der Waals surface area contributed by atoms with Gasteiger partial charge in [0.1, 0.15) is 11.3 Å². The minimum atomic E-state index is -0.939. The van der Waals surface area contributed by atoms with E-state index in [2.05, 4.69) is 15.2 Å². The van der Waals surface area contributed by atoms with Crippen molar-refractivity contribution in [1.82, 2.24) is 14.8 Å². The third-order valence-electron chi connectivity index (χ3n) is 5.09. The molecule has 0 radical (unpaired) electrons. The van der Waals surface area contributed by atoms with Crippen molar-refractivity contribution in [2.75, 3.05) is 38.5 Å². The highest BCUT2D eigenvalue weighted by molar-refractivity contribution is 6.00. The van der Waals surface area contributed by atoms with Crippen molar-refractivity contribution in [2.24, 2.45) is 5.73 Å². The molecule has 1 aliphatic heterocycles. The van der Waals surface area contributed by atoms with E-state index < -0.39 is 23.5 Å². The van der Waals surface area contributed by atoms with Crippen LogP contribution in [0.2, 0.25) is 0 Å². The molecule has 31 heavy (non-hydrogen) atoms. The van der Waals surface area contributed by atoms with Crippen LogP contribution in [0.3, 0.4) is 0 Å². The first-order valence-corrected chi connectivity index (χ1v) is 10.4. The summed E-state index contributed by atoms with van der Waals surface area (Å²) in [4.78, 5) is 44.1. The fraction of sp³-hybridized carbons (Fsp3) is 0.500. The number of hydrogen-bond donors (Lipinski definition) is 3. The highest BCUT2D eigenvalue weighted by Gasteiger charge is 2.24. The minimum Gasteiger partial charge on any atom is -0.455 e. The van der Waals surface area contributed by atoms with Crippen LogP contribution in [0.5, 0.6) is 0 Å². The highest BCUT2D eigenvalue weighted by atomic mass is 16.6. The number of hydrogen-bond acceptors (Lipinski definition) is 6. The number of fused-ring (bicyclic) bond motifs is 1. The van der Waals surface area contributed by atoms with Crippen LogP contribution in [-0.2, 0) is 14.3 Å². The van der Waals surface area contributed by atoms with Gasteiger partial charge in [0.05, 0.1) is 12.5 Å². The molecule has 2 aromatic rings. The van der Waals surface area contributed by atoms with Gasteiger partial charge in [-0.25, -0.2) is 4.79 Å². The van der Waals surface area contributed by atoms with Crippen LogP contribution in [-0.4, -0.2) is 77.4 Å². The molecular weight excluding hydrogens is 398 g/mol. The second kappa shape index (κ2) is 9.07. The molecule has 0 aliphatic carbocycles. The van der Waals surface area contributed by atoms with Crippen LogP contribution >= 0.6 is 0 Å². The average Bonchev–Trinajstić information content (AvgIpc) is 3.10. The number of esters is 1. The molecule has 1 aliphatic rings. The Hall–Kier alpha value is -2.91. The molecule has 9 heteroatoms. The SMILES string of the molecule is CN1CCN(C(=O)C[C@H](N)C(=O)Nc2ccc3[nH]c(C(=O)OC(C)(C)C)cc3c2)CC1. The van der Waals surface area contributed by atoms with Gasteiger partial charge in [-0.15, -0.1) is 0 Å². The summed E-state index contributed by atoms with van der Waals surface area (Å²) in [5.41, 5.74) is 7.00. The number of anilines is 1. The lowest BCUT2D eigenvalue weighted by Crippen LogP contribution is -2.49. The first-order valence-electron chi connectivity index (χ1n) is 10.4. The van der Waals surface area contributed by atoms with Gasteiger partial charge in [0, 0.05) is 42.8 Å². The van der Waals surface area contributed by atoms with Gasteiger partial charge >= 0.3 is 5.97 Å². The fourth-order valence-corrected chi connectivity index (χ4v) is 3.35. The Balaban J connectivity index is 1.60. The Labute approximate surface area is 181 Å². The van der Waals surface area contributed by atoms with Gasteiger partial charge in [0.2, 0.25) is 11.8 Å². The van der Waals surface area contributed by atoms with Crippen molar-refractivity contribution < 1.29 is 19.1 Å². The summed E-state index contributed by atoms with van der Waals surface area (Å²) in [7, 11) is 2.01. The number of piperazine rings is 1. The Morgan fingerprint density at radius 3 is 2.48 bits per heavy atom. The molecule has 0 bridgehead atoms. The number of aromatic amines is 1. The summed E-state index contributed by atoms with van der Waals surface area (Å²) in [6, 6.07) is 5.96. The summed E-state index contributed by atoms with van der Waals surface area (Å²) in [5, 5.41) is 3.50. The van der Waals surface area contributed by atoms with Crippen LogP contribution in [0.4, 0.5) is 5.69 Å². The predicted octanol–water partition coefficient (Wildman–Crippen LogP) is 1.55. The first kappa shape index (κ1) is 22.8. The standard InChI is InChI=1S/C22H31N5O4/c1-22(2,3)31-21(30)18-12-14-11-15(5-6-17(14)25-18)24-20(29)16(23)13-19(28)27-9-7-26(4)8-10-27/h5-6,11-12,16,25H,7-10,13,23H2,1-4H3,(H,24,29)/t16-/m0/s1. The van der Waals surface area contributed by atoms with Gasteiger partial charge < -0.3 is 30.6 Å². The van der Waals surface area contributed by atoms with Crippen LogP contribution in [0.25, 0.3) is 10.9 Å². The Morgan fingerprint density at radius 1 is 1.16 bits per heavy atom. The number of ether oxygens (including phenoxy) is 1. The summed E-state index contributed by atoms with van der Waals surface area (Å²) in [6.07, 6.45) is -0.0370.